The van der Waals surface area contributed by atoms with Crippen LogP contribution in [0, 0.1) is 6.92 Å². The highest BCUT2D eigenvalue weighted by molar-refractivity contribution is 5.43. The molecule has 0 aliphatic heterocycles. The third-order valence-electron chi connectivity index (χ3n) is 3.27. The maximum Gasteiger partial charge on any atom is 0.227 e. The SMILES string of the molecule is COc1ccc(C(C)NCCc2nc(C)no2)cc1OC. The predicted molar refractivity (Wildman–Crippen MR) is 78.7 cm³/mol. The van der Waals surface area contributed by atoms with Gasteiger partial charge in [-0.2, -0.15) is 4.98 Å². The van der Waals surface area contributed by atoms with Crippen LogP contribution in [0.1, 0.15) is 30.2 Å². The van der Waals surface area contributed by atoms with E-state index >= 15 is 0 Å². The molecule has 1 atom stereocenters. The summed E-state index contributed by atoms with van der Waals surface area (Å²) in [4.78, 5) is 4.18. The molecule has 0 radical (unpaired) electrons. The second-order valence-electron chi connectivity index (χ2n) is 4.78. The molecule has 6 nitrogen and oxygen atoms in total. The lowest BCUT2D eigenvalue weighted by molar-refractivity contribution is 0.353. The van der Waals surface area contributed by atoms with Crippen LogP contribution in [-0.4, -0.2) is 30.9 Å². The van der Waals surface area contributed by atoms with E-state index < -0.39 is 0 Å². The van der Waals surface area contributed by atoms with Crippen LogP contribution in [0.15, 0.2) is 22.7 Å². The summed E-state index contributed by atoms with van der Waals surface area (Å²) in [5.41, 5.74) is 1.13. The van der Waals surface area contributed by atoms with Crippen molar-refractivity contribution in [2.75, 3.05) is 20.8 Å². The second-order valence-corrected chi connectivity index (χ2v) is 4.78. The van der Waals surface area contributed by atoms with Crippen molar-refractivity contribution in [2.24, 2.45) is 0 Å². The van der Waals surface area contributed by atoms with E-state index in [1.807, 2.05) is 25.1 Å². The monoisotopic (exact) mass is 291 g/mol. The van der Waals surface area contributed by atoms with Gasteiger partial charge in [0.05, 0.1) is 14.2 Å². The standard InChI is InChI=1S/C15H21N3O3/c1-10(16-8-7-15-17-11(2)18-21-15)12-5-6-13(19-3)14(9-12)20-4/h5-6,9-10,16H,7-8H2,1-4H3. The molecule has 114 valence electrons. The number of methoxy groups -OCH3 is 2. The molecule has 1 aromatic heterocycles. The largest absolute Gasteiger partial charge is 0.493 e. The summed E-state index contributed by atoms with van der Waals surface area (Å²) in [6, 6.07) is 6.10. The van der Waals surface area contributed by atoms with Crippen LogP contribution >= 0.6 is 0 Å². The number of ether oxygens (including phenoxy) is 2. The fraction of sp³-hybridized carbons (Fsp3) is 0.467. The van der Waals surface area contributed by atoms with Gasteiger partial charge in [0.25, 0.3) is 0 Å². The summed E-state index contributed by atoms with van der Waals surface area (Å²) in [6.07, 6.45) is 0.707. The first-order chi connectivity index (χ1) is 10.1. The average Bonchev–Trinajstić information content (AvgIpc) is 2.91. The Balaban J connectivity index is 1.92. The molecule has 1 aromatic carbocycles. The van der Waals surface area contributed by atoms with E-state index in [2.05, 4.69) is 22.4 Å². The van der Waals surface area contributed by atoms with Crippen LogP contribution < -0.4 is 14.8 Å². The highest BCUT2D eigenvalue weighted by Gasteiger charge is 2.10. The number of nitrogens with one attached hydrogen (secondary N) is 1. The zero-order chi connectivity index (χ0) is 15.2. The highest BCUT2D eigenvalue weighted by atomic mass is 16.5. The van der Waals surface area contributed by atoms with E-state index in [-0.39, 0.29) is 6.04 Å². The summed E-state index contributed by atoms with van der Waals surface area (Å²) in [5, 5.41) is 7.19. The normalized spacial score (nSPS) is 12.2. The lowest BCUT2D eigenvalue weighted by atomic mass is 10.1. The van der Waals surface area contributed by atoms with Crippen molar-refractivity contribution in [3.05, 3.63) is 35.5 Å². The smallest absolute Gasteiger partial charge is 0.227 e. The molecule has 0 saturated heterocycles. The van der Waals surface area contributed by atoms with Crippen LogP contribution in [0.3, 0.4) is 0 Å². The Morgan fingerprint density at radius 1 is 1.24 bits per heavy atom. The van der Waals surface area contributed by atoms with Crippen LogP contribution in [0.4, 0.5) is 0 Å². The molecule has 1 heterocycles. The summed E-state index contributed by atoms with van der Waals surface area (Å²) in [5.74, 6) is 2.78. The third-order valence-corrected chi connectivity index (χ3v) is 3.27. The minimum atomic E-state index is 0.189. The number of hydrogen-bond donors (Lipinski definition) is 1. The van der Waals surface area contributed by atoms with Gasteiger partial charge in [0.15, 0.2) is 17.3 Å². The van der Waals surface area contributed by atoms with Gasteiger partial charge in [0.1, 0.15) is 0 Å². The van der Waals surface area contributed by atoms with Gasteiger partial charge in [-0.25, -0.2) is 0 Å². The zero-order valence-corrected chi connectivity index (χ0v) is 12.8. The van der Waals surface area contributed by atoms with Crippen LogP contribution in [0.25, 0.3) is 0 Å². The molecule has 0 fully saturated rings. The van der Waals surface area contributed by atoms with Gasteiger partial charge in [-0.15, -0.1) is 0 Å². The van der Waals surface area contributed by atoms with Crippen LogP contribution in [0.2, 0.25) is 0 Å². The Hall–Kier alpha value is -2.08. The number of aryl methyl sites for hydroxylation is 1. The fourth-order valence-corrected chi connectivity index (χ4v) is 2.08. The number of nitrogens with zero attached hydrogens (tertiary/aromatic N) is 2. The maximum absolute atomic E-state index is 5.32. The van der Waals surface area contributed by atoms with E-state index in [9.17, 15) is 0 Å². The van der Waals surface area contributed by atoms with E-state index in [1.54, 1.807) is 14.2 Å². The fourth-order valence-electron chi connectivity index (χ4n) is 2.08. The number of benzene rings is 1. The first-order valence-electron chi connectivity index (χ1n) is 6.88. The van der Waals surface area contributed by atoms with E-state index in [1.165, 1.54) is 0 Å². The summed E-state index contributed by atoms with van der Waals surface area (Å²) in [6.45, 7) is 4.67. The van der Waals surface area contributed by atoms with E-state index in [0.717, 1.165) is 23.6 Å². The number of hydrogen-bond acceptors (Lipinski definition) is 6. The zero-order valence-electron chi connectivity index (χ0n) is 12.8. The third kappa shape index (κ3) is 3.95. The molecule has 0 bridgehead atoms. The van der Waals surface area contributed by atoms with Crippen LogP contribution in [-0.2, 0) is 6.42 Å². The summed E-state index contributed by atoms with van der Waals surface area (Å²) < 4.78 is 15.6. The van der Waals surface area contributed by atoms with Gasteiger partial charge < -0.3 is 19.3 Å². The summed E-state index contributed by atoms with van der Waals surface area (Å²) in [7, 11) is 3.27. The molecule has 0 spiro atoms. The highest BCUT2D eigenvalue weighted by Crippen LogP contribution is 2.29. The number of aromatic nitrogens is 2. The van der Waals surface area contributed by atoms with Crippen molar-refractivity contribution in [1.29, 1.82) is 0 Å². The van der Waals surface area contributed by atoms with Crippen molar-refractivity contribution < 1.29 is 14.0 Å². The predicted octanol–water partition coefficient (Wildman–Crippen LogP) is 2.29. The average molecular weight is 291 g/mol. The molecule has 0 aliphatic carbocycles. The summed E-state index contributed by atoms with van der Waals surface area (Å²) >= 11 is 0. The molecule has 0 saturated carbocycles. The molecular formula is C15H21N3O3. The van der Waals surface area contributed by atoms with Crippen molar-refractivity contribution in [3.8, 4) is 11.5 Å². The minimum Gasteiger partial charge on any atom is -0.493 e. The topological polar surface area (TPSA) is 69.4 Å². The van der Waals surface area contributed by atoms with Gasteiger partial charge in [0, 0.05) is 19.0 Å². The Morgan fingerprint density at radius 3 is 2.62 bits per heavy atom. The van der Waals surface area contributed by atoms with Gasteiger partial charge >= 0.3 is 0 Å². The Morgan fingerprint density at radius 2 is 2.00 bits per heavy atom. The lowest BCUT2D eigenvalue weighted by Crippen LogP contribution is -2.21. The quantitative estimate of drug-likeness (QED) is 0.844. The molecule has 6 heteroatoms. The van der Waals surface area contributed by atoms with E-state index in [0.29, 0.717) is 18.1 Å². The Bertz CT molecular complexity index is 583. The molecule has 21 heavy (non-hydrogen) atoms. The maximum atomic E-state index is 5.32. The van der Waals surface area contributed by atoms with Gasteiger partial charge in [0.2, 0.25) is 5.89 Å². The first kappa shape index (κ1) is 15.3. The number of rotatable bonds is 7. The van der Waals surface area contributed by atoms with Gasteiger partial charge in [-0.3, -0.25) is 0 Å². The van der Waals surface area contributed by atoms with Gasteiger partial charge in [-0.1, -0.05) is 11.2 Å². The minimum absolute atomic E-state index is 0.189. The molecular weight excluding hydrogens is 270 g/mol. The molecule has 1 unspecified atom stereocenters. The first-order valence-corrected chi connectivity index (χ1v) is 6.88. The Labute approximate surface area is 124 Å². The van der Waals surface area contributed by atoms with Crippen molar-refractivity contribution >= 4 is 0 Å². The molecule has 2 rings (SSSR count). The molecule has 0 amide bonds. The van der Waals surface area contributed by atoms with Crippen molar-refractivity contribution in [3.63, 3.8) is 0 Å². The Kier molecular flexibility index (Phi) is 5.16. The van der Waals surface area contributed by atoms with Crippen molar-refractivity contribution in [1.82, 2.24) is 15.5 Å². The molecule has 0 aliphatic rings. The second kappa shape index (κ2) is 7.08. The molecule has 1 N–H and O–H groups in total. The van der Waals surface area contributed by atoms with Gasteiger partial charge in [-0.05, 0) is 31.5 Å². The lowest BCUT2D eigenvalue weighted by Gasteiger charge is -2.16. The molecule has 2 aromatic rings. The van der Waals surface area contributed by atoms with Crippen molar-refractivity contribution in [2.45, 2.75) is 26.3 Å². The van der Waals surface area contributed by atoms with E-state index in [4.69, 9.17) is 14.0 Å². The van der Waals surface area contributed by atoms with Crippen LogP contribution in [0.5, 0.6) is 11.5 Å².